The van der Waals surface area contributed by atoms with Crippen LogP contribution in [-0.2, 0) is 9.59 Å². The van der Waals surface area contributed by atoms with E-state index in [0.29, 0.717) is 6.42 Å². The van der Waals surface area contributed by atoms with Crippen molar-refractivity contribution in [3.05, 3.63) is 0 Å². The van der Waals surface area contributed by atoms with Gasteiger partial charge in [0, 0.05) is 29.5 Å². The summed E-state index contributed by atoms with van der Waals surface area (Å²) < 4.78 is 0.120. The van der Waals surface area contributed by atoms with Crippen LogP contribution in [0.3, 0.4) is 0 Å². The lowest BCUT2D eigenvalue weighted by Crippen LogP contribution is -2.49. The molecular formula is C14H23NO3S. The van der Waals surface area contributed by atoms with E-state index >= 15 is 0 Å². The van der Waals surface area contributed by atoms with Crippen LogP contribution in [0.1, 0.15) is 39.5 Å². The van der Waals surface area contributed by atoms with Crippen molar-refractivity contribution in [1.29, 1.82) is 0 Å². The lowest BCUT2D eigenvalue weighted by Gasteiger charge is -2.40. The van der Waals surface area contributed by atoms with Gasteiger partial charge in [0.2, 0.25) is 5.91 Å². The molecule has 1 aliphatic heterocycles. The highest BCUT2D eigenvalue weighted by atomic mass is 32.2. The first-order valence-electron chi connectivity index (χ1n) is 7.04. The number of nitrogens with zero attached hydrogens (tertiary/aromatic N) is 1. The van der Waals surface area contributed by atoms with Gasteiger partial charge in [0.15, 0.2) is 0 Å². The normalized spacial score (nSPS) is 30.9. The average Bonchev–Trinajstić information content (AvgIpc) is 2.37. The van der Waals surface area contributed by atoms with Crippen molar-refractivity contribution >= 4 is 23.6 Å². The fraction of sp³-hybridized carbons (Fsp3) is 0.857. The van der Waals surface area contributed by atoms with E-state index in [1.54, 1.807) is 0 Å². The molecule has 0 radical (unpaired) electrons. The van der Waals surface area contributed by atoms with Crippen molar-refractivity contribution in [1.82, 2.24) is 4.90 Å². The molecule has 0 bridgehead atoms. The third kappa shape index (κ3) is 3.65. The topological polar surface area (TPSA) is 57.6 Å². The van der Waals surface area contributed by atoms with Crippen molar-refractivity contribution in [2.45, 2.75) is 44.3 Å². The Morgan fingerprint density at radius 1 is 1.26 bits per heavy atom. The zero-order valence-corrected chi connectivity index (χ0v) is 12.5. The Morgan fingerprint density at radius 3 is 2.58 bits per heavy atom. The molecule has 5 heteroatoms. The molecule has 0 aromatic rings. The van der Waals surface area contributed by atoms with E-state index in [4.69, 9.17) is 5.11 Å². The maximum Gasteiger partial charge on any atom is 0.306 e. The van der Waals surface area contributed by atoms with Crippen LogP contribution in [0, 0.1) is 11.8 Å². The Morgan fingerprint density at radius 2 is 1.95 bits per heavy atom. The van der Waals surface area contributed by atoms with Gasteiger partial charge < -0.3 is 10.0 Å². The standard InChI is InChI=1S/C14H23NO3S/c1-14(2)9-15(6-7-19-14)12(16)10-4-3-5-11(8-10)13(17)18/h10-11H,3-9H2,1-2H3,(H,17,18). The second-order valence-electron chi connectivity index (χ2n) is 6.27. The second kappa shape index (κ2) is 5.73. The van der Waals surface area contributed by atoms with Crippen LogP contribution >= 0.6 is 11.8 Å². The third-order valence-corrected chi connectivity index (χ3v) is 5.41. The fourth-order valence-corrected chi connectivity index (χ4v) is 4.21. The smallest absolute Gasteiger partial charge is 0.306 e. The number of carboxylic acid groups (broad SMARTS) is 1. The van der Waals surface area contributed by atoms with E-state index in [9.17, 15) is 9.59 Å². The van der Waals surface area contributed by atoms with Crippen LogP contribution in [0.5, 0.6) is 0 Å². The molecule has 1 saturated carbocycles. The van der Waals surface area contributed by atoms with E-state index in [2.05, 4.69) is 13.8 Å². The van der Waals surface area contributed by atoms with E-state index in [1.807, 2.05) is 16.7 Å². The largest absolute Gasteiger partial charge is 0.481 e. The summed E-state index contributed by atoms with van der Waals surface area (Å²) >= 11 is 1.91. The van der Waals surface area contributed by atoms with Crippen molar-refractivity contribution in [3.63, 3.8) is 0 Å². The van der Waals surface area contributed by atoms with Gasteiger partial charge in [0.25, 0.3) is 0 Å². The molecule has 0 aromatic heterocycles. The molecule has 2 atom stereocenters. The summed E-state index contributed by atoms with van der Waals surface area (Å²) in [5.41, 5.74) is 0. The van der Waals surface area contributed by atoms with Crippen molar-refractivity contribution < 1.29 is 14.7 Å². The predicted octanol–water partition coefficient (Wildman–Crippen LogP) is 2.23. The summed E-state index contributed by atoms with van der Waals surface area (Å²) in [7, 11) is 0. The van der Waals surface area contributed by atoms with E-state index in [0.717, 1.165) is 38.1 Å². The van der Waals surface area contributed by atoms with Crippen LogP contribution in [0.4, 0.5) is 0 Å². The number of hydrogen-bond acceptors (Lipinski definition) is 3. The van der Waals surface area contributed by atoms with Crippen LogP contribution in [0.15, 0.2) is 0 Å². The molecule has 1 amide bonds. The zero-order valence-electron chi connectivity index (χ0n) is 11.7. The van der Waals surface area contributed by atoms with E-state index in [-0.39, 0.29) is 22.5 Å². The maximum absolute atomic E-state index is 12.5. The molecule has 0 aromatic carbocycles. The molecule has 0 spiro atoms. The summed E-state index contributed by atoms with van der Waals surface area (Å²) in [6.07, 6.45) is 2.96. The van der Waals surface area contributed by atoms with Crippen LogP contribution in [0.25, 0.3) is 0 Å². The molecular weight excluding hydrogens is 262 g/mol. The molecule has 2 rings (SSSR count). The van der Waals surface area contributed by atoms with Gasteiger partial charge in [0.1, 0.15) is 0 Å². The summed E-state index contributed by atoms with van der Waals surface area (Å²) in [4.78, 5) is 25.6. The first kappa shape index (κ1) is 14.7. The Balaban J connectivity index is 1.97. The van der Waals surface area contributed by atoms with Crippen LogP contribution in [0.2, 0.25) is 0 Å². The molecule has 4 nitrogen and oxygen atoms in total. The van der Waals surface area contributed by atoms with E-state index in [1.165, 1.54) is 0 Å². The molecule has 19 heavy (non-hydrogen) atoms. The quantitative estimate of drug-likeness (QED) is 0.845. The number of hydrogen-bond donors (Lipinski definition) is 1. The fourth-order valence-electron chi connectivity index (χ4n) is 3.10. The van der Waals surface area contributed by atoms with Gasteiger partial charge in [-0.3, -0.25) is 9.59 Å². The monoisotopic (exact) mass is 285 g/mol. The highest BCUT2D eigenvalue weighted by molar-refractivity contribution is 8.00. The minimum atomic E-state index is -0.743. The molecule has 1 heterocycles. The second-order valence-corrected chi connectivity index (χ2v) is 8.07. The summed E-state index contributed by atoms with van der Waals surface area (Å²) in [6.45, 7) is 5.92. The average molecular weight is 285 g/mol. The molecule has 108 valence electrons. The minimum Gasteiger partial charge on any atom is -0.481 e. The molecule has 2 aliphatic rings. The van der Waals surface area contributed by atoms with Crippen LogP contribution in [-0.4, -0.2) is 45.5 Å². The Labute approximate surface area is 118 Å². The predicted molar refractivity (Wildman–Crippen MR) is 76.2 cm³/mol. The first-order chi connectivity index (χ1) is 8.89. The summed E-state index contributed by atoms with van der Waals surface area (Å²) in [5, 5.41) is 9.10. The van der Waals surface area contributed by atoms with Gasteiger partial charge in [-0.2, -0.15) is 11.8 Å². The van der Waals surface area contributed by atoms with Crippen molar-refractivity contribution in [2.75, 3.05) is 18.8 Å². The van der Waals surface area contributed by atoms with Gasteiger partial charge in [-0.15, -0.1) is 0 Å². The Kier molecular flexibility index (Phi) is 4.43. The van der Waals surface area contributed by atoms with Gasteiger partial charge in [-0.1, -0.05) is 6.42 Å². The number of rotatable bonds is 2. The number of carbonyl (C=O) groups excluding carboxylic acids is 1. The van der Waals surface area contributed by atoms with Crippen molar-refractivity contribution in [2.24, 2.45) is 11.8 Å². The van der Waals surface area contributed by atoms with Gasteiger partial charge in [0.05, 0.1) is 5.92 Å². The lowest BCUT2D eigenvalue weighted by atomic mass is 9.80. The number of carbonyl (C=O) groups is 2. The molecule has 1 aliphatic carbocycles. The Bertz CT molecular complexity index is 370. The minimum absolute atomic E-state index is 0.0752. The highest BCUT2D eigenvalue weighted by Crippen LogP contribution is 2.34. The third-order valence-electron chi connectivity index (χ3n) is 4.11. The highest BCUT2D eigenvalue weighted by Gasteiger charge is 2.36. The number of aliphatic carboxylic acids is 1. The van der Waals surface area contributed by atoms with Gasteiger partial charge in [-0.05, 0) is 33.1 Å². The molecule has 1 N–H and O–H groups in total. The SMILES string of the molecule is CC1(C)CN(C(=O)C2CCCC(C(=O)O)C2)CCS1. The summed E-state index contributed by atoms with van der Waals surface area (Å²) in [5.74, 6) is 0.0170. The first-order valence-corrected chi connectivity index (χ1v) is 8.03. The number of amides is 1. The lowest BCUT2D eigenvalue weighted by molar-refractivity contribution is -0.145. The number of carboxylic acids is 1. The van der Waals surface area contributed by atoms with E-state index < -0.39 is 5.97 Å². The maximum atomic E-state index is 12.5. The molecule has 2 fully saturated rings. The number of thioether (sulfide) groups is 1. The molecule has 1 saturated heterocycles. The zero-order chi connectivity index (χ0) is 14.0. The van der Waals surface area contributed by atoms with Gasteiger partial charge in [-0.25, -0.2) is 0 Å². The summed E-state index contributed by atoms with van der Waals surface area (Å²) in [6, 6.07) is 0. The Hall–Kier alpha value is -0.710. The molecule has 2 unspecified atom stereocenters. The van der Waals surface area contributed by atoms with Crippen LogP contribution < -0.4 is 0 Å². The van der Waals surface area contributed by atoms with Gasteiger partial charge >= 0.3 is 5.97 Å². The van der Waals surface area contributed by atoms with Crippen molar-refractivity contribution in [3.8, 4) is 0 Å².